The Labute approximate surface area is 205 Å². The Bertz CT molecular complexity index is 1430. The highest BCUT2D eigenvalue weighted by Crippen LogP contribution is 2.30. The van der Waals surface area contributed by atoms with Crippen molar-refractivity contribution in [1.29, 1.82) is 0 Å². The number of nitrogens with zero attached hydrogens (tertiary/aromatic N) is 2. The summed E-state index contributed by atoms with van der Waals surface area (Å²) < 4.78 is 25.5. The maximum absolute atomic E-state index is 13.5. The molecule has 0 bridgehead atoms. The molecule has 0 fully saturated rings. The van der Waals surface area contributed by atoms with E-state index in [9.17, 15) is 14.0 Å². The number of aryl methyl sites for hydroxylation is 1. The van der Waals surface area contributed by atoms with Crippen LogP contribution in [0.15, 0.2) is 58.5 Å². The van der Waals surface area contributed by atoms with Crippen LogP contribution in [0.1, 0.15) is 24.2 Å². The van der Waals surface area contributed by atoms with E-state index in [0.717, 1.165) is 23.0 Å². The fourth-order valence-electron chi connectivity index (χ4n) is 3.71. The van der Waals surface area contributed by atoms with E-state index in [4.69, 9.17) is 9.47 Å². The fourth-order valence-corrected chi connectivity index (χ4v) is 4.53. The lowest BCUT2D eigenvalue weighted by atomic mass is 10.1. The van der Waals surface area contributed by atoms with E-state index in [0.29, 0.717) is 33.4 Å². The maximum Gasteiger partial charge on any atom is 0.283 e. The molecule has 0 spiro atoms. The summed E-state index contributed by atoms with van der Waals surface area (Å²) in [6.07, 6.45) is 0. The van der Waals surface area contributed by atoms with Crippen molar-refractivity contribution in [2.75, 3.05) is 20.0 Å². The molecule has 8 nitrogen and oxygen atoms in total. The second-order valence-corrected chi connectivity index (χ2v) is 8.86. The first-order valence-corrected chi connectivity index (χ1v) is 11.8. The lowest BCUT2D eigenvalue weighted by Gasteiger charge is -2.17. The number of carbonyl (C=O) groups is 1. The molecule has 0 aliphatic rings. The van der Waals surface area contributed by atoms with Crippen LogP contribution in [-0.2, 0) is 4.79 Å². The Morgan fingerprint density at radius 1 is 1.14 bits per heavy atom. The van der Waals surface area contributed by atoms with E-state index in [2.05, 4.69) is 15.3 Å². The molecule has 2 heterocycles. The van der Waals surface area contributed by atoms with Crippen molar-refractivity contribution in [2.24, 2.45) is 0 Å². The van der Waals surface area contributed by atoms with Gasteiger partial charge < -0.3 is 19.8 Å². The van der Waals surface area contributed by atoms with Crippen molar-refractivity contribution in [3.8, 4) is 17.2 Å². The largest absolute Gasteiger partial charge is 0.493 e. The third-order valence-corrected chi connectivity index (χ3v) is 6.40. The van der Waals surface area contributed by atoms with E-state index in [1.165, 1.54) is 28.8 Å². The molecule has 1 amide bonds. The Morgan fingerprint density at radius 2 is 1.86 bits per heavy atom. The fraction of sp³-hybridized carbons (Fsp3) is 0.240. The zero-order chi connectivity index (χ0) is 25.1. The van der Waals surface area contributed by atoms with Crippen LogP contribution < -0.4 is 20.3 Å². The first-order chi connectivity index (χ1) is 16.8. The molecule has 0 saturated carbocycles. The lowest BCUT2D eigenvalue weighted by Crippen LogP contribution is -2.29. The molecule has 2 aromatic heterocycles. The predicted molar refractivity (Wildman–Crippen MR) is 133 cm³/mol. The summed E-state index contributed by atoms with van der Waals surface area (Å²) in [5.74, 6) is 0.556. The molecular formula is C25H25FN4O4S. The minimum absolute atomic E-state index is 0.0280. The van der Waals surface area contributed by atoms with Gasteiger partial charge in [-0.3, -0.25) is 14.2 Å². The average Bonchev–Trinajstić information content (AvgIpc) is 3.23. The Morgan fingerprint density at radius 3 is 2.54 bits per heavy atom. The molecule has 1 atom stereocenters. The van der Waals surface area contributed by atoms with Gasteiger partial charge in [-0.05, 0) is 61.9 Å². The van der Waals surface area contributed by atoms with Crippen LogP contribution in [0.25, 0.3) is 16.7 Å². The minimum atomic E-state index is -0.413. The van der Waals surface area contributed by atoms with Crippen LogP contribution in [0, 0.1) is 12.7 Å². The van der Waals surface area contributed by atoms with Gasteiger partial charge in [0.05, 0.1) is 37.2 Å². The number of hydrogen-bond acceptors (Lipinski definition) is 6. The van der Waals surface area contributed by atoms with Crippen molar-refractivity contribution in [2.45, 2.75) is 25.0 Å². The SMILES string of the molecule is COc1ccc([C@@H](C)NC(=O)CSc2nc3cc(C)[nH]c3c(=O)n2-c2ccc(F)cc2)cc1OC. The number of halogens is 1. The van der Waals surface area contributed by atoms with E-state index in [1.54, 1.807) is 26.4 Å². The summed E-state index contributed by atoms with van der Waals surface area (Å²) in [6, 6.07) is 12.5. The number of nitrogens with one attached hydrogen (secondary N) is 2. The molecule has 0 radical (unpaired) electrons. The number of H-pyrrole nitrogens is 1. The summed E-state index contributed by atoms with van der Waals surface area (Å²) in [7, 11) is 3.11. The van der Waals surface area contributed by atoms with E-state index >= 15 is 0 Å². The highest BCUT2D eigenvalue weighted by molar-refractivity contribution is 7.99. The number of ether oxygens (including phenoxy) is 2. The van der Waals surface area contributed by atoms with Gasteiger partial charge in [0.15, 0.2) is 16.7 Å². The third kappa shape index (κ3) is 5.17. The first kappa shape index (κ1) is 24.3. The van der Waals surface area contributed by atoms with Gasteiger partial charge in [0.25, 0.3) is 5.56 Å². The van der Waals surface area contributed by atoms with E-state index in [1.807, 2.05) is 26.0 Å². The zero-order valence-corrected chi connectivity index (χ0v) is 20.5. The third-order valence-electron chi connectivity index (χ3n) is 5.46. The number of carbonyl (C=O) groups excluding carboxylic acids is 1. The van der Waals surface area contributed by atoms with Crippen molar-refractivity contribution in [3.63, 3.8) is 0 Å². The van der Waals surface area contributed by atoms with Gasteiger partial charge in [0.2, 0.25) is 5.91 Å². The molecule has 0 aliphatic carbocycles. The predicted octanol–water partition coefficient (Wildman–Crippen LogP) is 4.15. The average molecular weight is 497 g/mol. The molecule has 4 aromatic rings. The van der Waals surface area contributed by atoms with Crippen LogP contribution in [0.5, 0.6) is 11.5 Å². The summed E-state index contributed by atoms with van der Waals surface area (Å²) in [5.41, 5.74) is 2.64. The molecule has 2 N–H and O–H groups in total. The standard InChI is InChI=1S/C25H25FN4O4S/c1-14-11-19-23(27-14)24(32)30(18-8-6-17(26)7-9-18)25(29-19)35-13-22(31)28-15(2)16-5-10-20(33-3)21(12-16)34-4/h5-12,15,27H,13H2,1-4H3,(H,28,31)/t15-/m1/s1. The smallest absolute Gasteiger partial charge is 0.283 e. The molecule has 0 unspecified atom stereocenters. The summed E-state index contributed by atoms with van der Waals surface area (Å²) >= 11 is 1.13. The second kappa shape index (κ2) is 10.2. The van der Waals surface area contributed by atoms with E-state index < -0.39 is 5.82 Å². The van der Waals surface area contributed by atoms with Gasteiger partial charge in [-0.1, -0.05) is 17.8 Å². The Balaban J connectivity index is 1.56. The van der Waals surface area contributed by atoms with Gasteiger partial charge >= 0.3 is 0 Å². The molecule has 10 heteroatoms. The number of thioether (sulfide) groups is 1. The zero-order valence-electron chi connectivity index (χ0n) is 19.7. The van der Waals surface area contributed by atoms with E-state index in [-0.39, 0.29) is 23.3 Å². The number of aromatic nitrogens is 3. The number of aromatic amines is 1. The number of amides is 1. The van der Waals surface area contributed by atoms with Gasteiger partial charge in [0.1, 0.15) is 11.3 Å². The molecule has 2 aromatic carbocycles. The topological polar surface area (TPSA) is 98.2 Å². The normalized spacial score (nSPS) is 11.9. The highest BCUT2D eigenvalue weighted by Gasteiger charge is 2.18. The van der Waals surface area contributed by atoms with Crippen molar-refractivity contribution in [3.05, 3.63) is 76.0 Å². The summed E-state index contributed by atoms with van der Waals surface area (Å²) in [6.45, 7) is 3.70. The van der Waals surface area contributed by atoms with Gasteiger partial charge in [-0.25, -0.2) is 9.37 Å². The van der Waals surface area contributed by atoms with Crippen molar-refractivity contribution in [1.82, 2.24) is 19.9 Å². The molecule has 35 heavy (non-hydrogen) atoms. The monoisotopic (exact) mass is 496 g/mol. The van der Waals surface area contributed by atoms with Gasteiger partial charge in [-0.15, -0.1) is 0 Å². The first-order valence-electron chi connectivity index (χ1n) is 10.8. The van der Waals surface area contributed by atoms with Crippen LogP contribution in [-0.4, -0.2) is 40.4 Å². The second-order valence-electron chi connectivity index (χ2n) is 7.92. The molecule has 4 rings (SSSR count). The summed E-state index contributed by atoms with van der Waals surface area (Å²) in [5, 5.41) is 3.29. The number of benzene rings is 2. The van der Waals surface area contributed by atoms with Crippen LogP contribution in [0.4, 0.5) is 4.39 Å². The minimum Gasteiger partial charge on any atom is -0.493 e. The number of hydrogen-bond donors (Lipinski definition) is 2. The number of fused-ring (bicyclic) bond motifs is 1. The molecule has 182 valence electrons. The van der Waals surface area contributed by atoms with Crippen LogP contribution in [0.2, 0.25) is 0 Å². The Hall–Kier alpha value is -3.79. The molecule has 0 aliphatic heterocycles. The van der Waals surface area contributed by atoms with Gasteiger partial charge in [-0.2, -0.15) is 0 Å². The highest BCUT2D eigenvalue weighted by atomic mass is 32.2. The number of methoxy groups -OCH3 is 2. The van der Waals surface area contributed by atoms with Crippen molar-refractivity contribution < 1.29 is 18.7 Å². The maximum atomic E-state index is 13.5. The number of rotatable bonds is 8. The quantitative estimate of drug-likeness (QED) is 0.281. The van der Waals surface area contributed by atoms with Gasteiger partial charge in [0, 0.05) is 5.69 Å². The van der Waals surface area contributed by atoms with Crippen LogP contribution >= 0.6 is 11.8 Å². The summed E-state index contributed by atoms with van der Waals surface area (Å²) in [4.78, 5) is 33.6. The molecular weight excluding hydrogens is 471 g/mol. The Kier molecular flexibility index (Phi) is 7.11. The lowest BCUT2D eigenvalue weighted by molar-refractivity contribution is -0.119. The molecule has 0 saturated heterocycles. The van der Waals surface area contributed by atoms with Crippen molar-refractivity contribution >= 4 is 28.7 Å². The van der Waals surface area contributed by atoms with Crippen LogP contribution in [0.3, 0.4) is 0 Å².